The molecule has 446 valence electrons. The Bertz CT molecular complexity index is 1730. The van der Waals surface area contributed by atoms with E-state index in [1.54, 1.807) is 0 Å². The highest BCUT2D eigenvalue weighted by molar-refractivity contribution is 5.71. The molecule has 0 aromatic carbocycles. The van der Waals surface area contributed by atoms with Gasteiger partial charge in [-0.05, 0) is 128 Å². The molecule has 0 rings (SSSR count). The molecule has 0 aliphatic heterocycles. The van der Waals surface area contributed by atoms with Crippen molar-refractivity contribution in [3.63, 3.8) is 0 Å². The van der Waals surface area contributed by atoms with Crippen molar-refractivity contribution in [3.8, 4) is 0 Å². The number of hydrogen-bond donors (Lipinski definition) is 0. The van der Waals surface area contributed by atoms with Gasteiger partial charge in [0.25, 0.3) is 0 Å². The van der Waals surface area contributed by atoms with Gasteiger partial charge in [-0.1, -0.05) is 276 Å². The lowest BCUT2D eigenvalue weighted by molar-refractivity contribution is -0.167. The van der Waals surface area contributed by atoms with E-state index in [0.29, 0.717) is 19.3 Å². The summed E-state index contributed by atoms with van der Waals surface area (Å²) in [6.07, 6.45) is 94.5. The van der Waals surface area contributed by atoms with Crippen LogP contribution in [-0.2, 0) is 28.6 Å². The van der Waals surface area contributed by atoms with E-state index in [2.05, 4.69) is 167 Å². The minimum absolute atomic E-state index is 0.0955. The van der Waals surface area contributed by atoms with Crippen LogP contribution in [0.15, 0.2) is 146 Å². The van der Waals surface area contributed by atoms with Gasteiger partial charge in [-0.15, -0.1) is 0 Å². The Morgan fingerprint density at radius 1 is 0.266 bits per heavy atom. The summed E-state index contributed by atoms with van der Waals surface area (Å²) in [5.74, 6) is -0.946. The summed E-state index contributed by atoms with van der Waals surface area (Å²) in [6, 6.07) is 0. The molecule has 0 aliphatic carbocycles. The minimum Gasteiger partial charge on any atom is -0.462 e. The molecule has 1 atom stereocenters. The number of rotatable bonds is 57. The summed E-state index contributed by atoms with van der Waals surface area (Å²) in [5.41, 5.74) is 0. The van der Waals surface area contributed by atoms with Gasteiger partial charge < -0.3 is 14.2 Å². The fraction of sp³-hybridized carbons (Fsp3) is 0.630. The third kappa shape index (κ3) is 64.0. The maximum Gasteiger partial charge on any atom is 0.306 e. The van der Waals surface area contributed by atoms with Gasteiger partial charge in [0.1, 0.15) is 13.2 Å². The molecule has 0 radical (unpaired) electrons. The van der Waals surface area contributed by atoms with E-state index >= 15 is 0 Å². The quantitative estimate of drug-likeness (QED) is 0.0261. The van der Waals surface area contributed by atoms with Crippen molar-refractivity contribution in [2.24, 2.45) is 0 Å². The maximum atomic E-state index is 12.9. The first-order chi connectivity index (χ1) is 39.0. The highest BCUT2D eigenvalue weighted by Gasteiger charge is 2.19. The Balaban J connectivity index is 4.27. The number of allylic oxidation sites excluding steroid dienone is 24. The van der Waals surface area contributed by atoms with Crippen LogP contribution in [0.25, 0.3) is 0 Å². The smallest absolute Gasteiger partial charge is 0.306 e. The predicted octanol–water partition coefficient (Wildman–Crippen LogP) is 22.3. The molecule has 0 saturated heterocycles. The van der Waals surface area contributed by atoms with Crippen molar-refractivity contribution < 1.29 is 28.6 Å². The Labute approximate surface area is 487 Å². The van der Waals surface area contributed by atoms with E-state index < -0.39 is 6.10 Å². The Morgan fingerprint density at radius 3 is 0.785 bits per heavy atom. The first-order valence-electron chi connectivity index (χ1n) is 32.3. The zero-order valence-corrected chi connectivity index (χ0v) is 51.1. The van der Waals surface area contributed by atoms with Crippen LogP contribution in [-0.4, -0.2) is 37.2 Å². The number of carbonyl (C=O) groups excluding carboxylic acids is 3. The van der Waals surface area contributed by atoms with Crippen LogP contribution in [0.4, 0.5) is 0 Å². The van der Waals surface area contributed by atoms with Gasteiger partial charge in [-0.2, -0.15) is 0 Å². The van der Waals surface area contributed by atoms with Crippen LogP contribution in [0.5, 0.6) is 0 Å². The number of unbranched alkanes of at least 4 members (excludes halogenated alkanes) is 22. The van der Waals surface area contributed by atoms with Gasteiger partial charge in [0.15, 0.2) is 6.10 Å². The fourth-order valence-electron chi connectivity index (χ4n) is 8.50. The first kappa shape index (κ1) is 74.3. The number of esters is 3. The first-order valence-corrected chi connectivity index (χ1v) is 32.3. The SMILES string of the molecule is CC/C=C\C/C=C\C/C=C\C/C=C\C/C=C\C/C=C\C/C=C\C/C=C\C/C=C\CCCCCC(=O)OCC(COC(=O)CCCCCCCCC)OC(=O)CCCCCCCCCC/C=C\C/C=C\C/C=C\CCCCCCC. The topological polar surface area (TPSA) is 78.9 Å². The molecule has 0 spiro atoms. The highest BCUT2D eigenvalue weighted by Crippen LogP contribution is 2.14. The normalized spacial score (nSPS) is 13.1. The number of hydrogen-bond acceptors (Lipinski definition) is 6. The molecule has 0 bridgehead atoms. The summed E-state index contributed by atoms with van der Waals surface area (Å²) < 4.78 is 16.8. The van der Waals surface area contributed by atoms with Crippen molar-refractivity contribution in [2.45, 2.75) is 284 Å². The van der Waals surface area contributed by atoms with E-state index in [0.717, 1.165) is 141 Å². The van der Waals surface area contributed by atoms with Crippen LogP contribution in [0, 0.1) is 0 Å². The largest absolute Gasteiger partial charge is 0.462 e. The zero-order chi connectivity index (χ0) is 57.1. The fourth-order valence-corrected chi connectivity index (χ4v) is 8.50. The van der Waals surface area contributed by atoms with Gasteiger partial charge in [0.05, 0.1) is 0 Å². The van der Waals surface area contributed by atoms with E-state index in [1.165, 1.54) is 96.3 Å². The molecule has 0 amide bonds. The Hall–Kier alpha value is -4.71. The summed E-state index contributed by atoms with van der Waals surface area (Å²) in [6.45, 7) is 6.44. The summed E-state index contributed by atoms with van der Waals surface area (Å²) >= 11 is 0. The van der Waals surface area contributed by atoms with Gasteiger partial charge in [0, 0.05) is 19.3 Å². The van der Waals surface area contributed by atoms with E-state index in [-0.39, 0.29) is 31.1 Å². The molecule has 0 fully saturated rings. The second-order valence-corrected chi connectivity index (χ2v) is 20.9. The molecule has 0 aromatic heterocycles. The number of carbonyl (C=O) groups is 3. The van der Waals surface area contributed by atoms with Crippen LogP contribution in [0.3, 0.4) is 0 Å². The zero-order valence-electron chi connectivity index (χ0n) is 51.1. The van der Waals surface area contributed by atoms with Crippen LogP contribution in [0.2, 0.25) is 0 Å². The molecule has 79 heavy (non-hydrogen) atoms. The molecule has 0 heterocycles. The second-order valence-electron chi connectivity index (χ2n) is 20.9. The third-order valence-electron chi connectivity index (χ3n) is 13.3. The van der Waals surface area contributed by atoms with Gasteiger partial charge in [-0.25, -0.2) is 0 Å². The summed E-state index contributed by atoms with van der Waals surface area (Å²) in [5, 5.41) is 0. The Morgan fingerprint density at radius 2 is 0.494 bits per heavy atom. The average Bonchev–Trinajstić information content (AvgIpc) is 3.45. The summed E-state index contributed by atoms with van der Waals surface area (Å²) in [4.78, 5) is 38.1. The van der Waals surface area contributed by atoms with Crippen molar-refractivity contribution in [2.75, 3.05) is 13.2 Å². The summed E-state index contributed by atoms with van der Waals surface area (Å²) in [7, 11) is 0. The highest BCUT2D eigenvalue weighted by atomic mass is 16.6. The molecular formula is C73H118O6. The molecule has 0 aromatic rings. The van der Waals surface area contributed by atoms with Gasteiger partial charge >= 0.3 is 17.9 Å². The molecule has 1 unspecified atom stereocenters. The molecule has 0 saturated carbocycles. The number of ether oxygens (including phenoxy) is 3. The molecule has 6 heteroatoms. The van der Waals surface area contributed by atoms with Crippen molar-refractivity contribution >= 4 is 17.9 Å². The predicted molar refractivity (Wildman–Crippen MR) is 343 cm³/mol. The van der Waals surface area contributed by atoms with E-state index in [9.17, 15) is 14.4 Å². The van der Waals surface area contributed by atoms with Crippen molar-refractivity contribution in [3.05, 3.63) is 146 Å². The molecule has 0 aliphatic rings. The maximum absolute atomic E-state index is 12.9. The van der Waals surface area contributed by atoms with Gasteiger partial charge in [-0.3, -0.25) is 14.4 Å². The monoisotopic (exact) mass is 1090 g/mol. The standard InChI is InChI=1S/C73H118O6/c1-4-7-10-13-16-18-20-22-24-26-28-30-32-33-34-35-36-37-38-39-41-42-44-46-48-50-52-54-57-60-63-66-72(75)78-69-70(68-77-71(74)65-62-59-56-15-12-9-6-3)79-73(76)67-64-61-58-55-53-51-49-47-45-43-40-31-29-27-25-23-21-19-17-14-11-8-5-2/h7,10,16,18,21-24,27-30,33-34,36-37,39-41,43-44,46,50,52,70H,4-6,8-9,11-15,17,19-20,25-26,31-32,35,38,42,45,47-49,51,53-69H2,1-3H3/b10-7-,18-16-,23-21-,24-22-,29-27-,30-28-,34-33-,37-36-,41-39-,43-40-,46-44-,52-50-. The van der Waals surface area contributed by atoms with E-state index in [1.807, 2.05) is 0 Å². The van der Waals surface area contributed by atoms with Crippen LogP contribution >= 0.6 is 0 Å². The minimum atomic E-state index is -0.800. The Kier molecular flexibility index (Phi) is 61.9. The second kappa shape index (κ2) is 65.8. The average molecular weight is 1090 g/mol. The van der Waals surface area contributed by atoms with Crippen LogP contribution in [0.1, 0.15) is 278 Å². The van der Waals surface area contributed by atoms with Crippen LogP contribution < -0.4 is 0 Å². The van der Waals surface area contributed by atoms with Gasteiger partial charge in [0.2, 0.25) is 0 Å². The van der Waals surface area contributed by atoms with Crippen molar-refractivity contribution in [1.82, 2.24) is 0 Å². The van der Waals surface area contributed by atoms with Crippen molar-refractivity contribution in [1.29, 1.82) is 0 Å². The molecular weight excluding hydrogens is 973 g/mol. The molecule has 6 nitrogen and oxygen atoms in total. The lowest BCUT2D eigenvalue weighted by atomic mass is 10.1. The lowest BCUT2D eigenvalue weighted by Gasteiger charge is -2.18. The lowest BCUT2D eigenvalue weighted by Crippen LogP contribution is -2.30. The third-order valence-corrected chi connectivity index (χ3v) is 13.3. The van der Waals surface area contributed by atoms with E-state index in [4.69, 9.17) is 14.2 Å². The molecule has 0 N–H and O–H groups in total.